The highest BCUT2D eigenvalue weighted by atomic mass is 16.5. The summed E-state index contributed by atoms with van der Waals surface area (Å²) in [6.45, 7) is 4.33. The normalized spacial score (nSPS) is 10.2. The van der Waals surface area contributed by atoms with Gasteiger partial charge in [-0.05, 0) is 30.2 Å². The van der Waals surface area contributed by atoms with Crippen LogP contribution in [0.4, 0.5) is 5.69 Å². The van der Waals surface area contributed by atoms with E-state index in [1.807, 2.05) is 45.0 Å². The Morgan fingerprint density at radius 3 is 2.30 bits per heavy atom. The fourth-order valence-corrected chi connectivity index (χ4v) is 1.48. The minimum atomic E-state index is -0.491. The van der Waals surface area contributed by atoms with Gasteiger partial charge in [-0.1, -0.05) is 13.8 Å². The Morgan fingerprint density at radius 1 is 1.20 bits per heavy atom. The Kier molecular flexibility index (Phi) is 6.03. The smallest absolute Gasteiger partial charge is 0.338 e. The molecular formula is C15H22N2O3. The Hall–Kier alpha value is -2.04. The second-order valence-corrected chi connectivity index (χ2v) is 5.22. The number of amides is 1. The lowest BCUT2D eigenvalue weighted by Gasteiger charge is -2.12. The summed E-state index contributed by atoms with van der Waals surface area (Å²) in [5, 5.41) is 2.69. The SMILES string of the molecule is CC(C)CNC(=O)COC(=O)c1ccc(N(C)C)cc1. The molecule has 0 aliphatic rings. The molecule has 0 aliphatic heterocycles. The standard InChI is InChI=1S/C15H22N2O3/c1-11(2)9-16-14(18)10-20-15(19)12-5-7-13(8-6-12)17(3)4/h5-8,11H,9-10H2,1-4H3,(H,16,18). The summed E-state index contributed by atoms with van der Waals surface area (Å²) in [6.07, 6.45) is 0. The molecule has 0 aromatic heterocycles. The summed E-state index contributed by atoms with van der Waals surface area (Å²) < 4.78 is 4.96. The van der Waals surface area contributed by atoms with E-state index in [0.717, 1.165) is 5.69 Å². The average Bonchev–Trinajstić information content (AvgIpc) is 2.42. The Balaban J connectivity index is 2.44. The first-order chi connectivity index (χ1) is 9.40. The molecule has 0 spiro atoms. The number of nitrogens with zero attached hydrogens (tertiary/aromatic N) is 1. The van der Waals surface area contributed by atoms with Crippen LogP contribution >= 0.6 is 0 Å². The molecule has 0 aliphatic carbocycles. The van der Waals surface area contributed by atoms with E-state index in [-0.39, 0.29) is 12.5 Å². The van der Waals surface area contributed by atoms with Crippen molar-refractivity contribution in [1.29, 1.82) is 0 Å². The lowest BCUT2D eigenvalue weighted by Crippen LogP contribution is -2.31. The molecule has 5 heteroatoms. The van der Waals surface area contributed by atoms with Crippen molar-refractivity contribution >= 4 is 17.6 Å². The highest BCUT2D eigenvalue weighted by Crippen LogP contribution is 2.12. The summed E-state index contributed by atoms with van der Waals surface area (Å²) in [5.41, 5.74) is 1.43. The molecule has 0 fully saturated rings. The summed E-state index contributed by atoms with van der Waals surface area (Å²) in [5.74, 6) is -0.403. The van der Waals surface area contributed by atoms with E-state index in [1.165, 1.54) is 0 Å². The third-order valence-corrected chi connectivity index (χ3v) is 2.66. The lowest BCUT2D eigenvalue weighted by atomic mass is 10.2. The van der Waals surface area contributed by atoms with E-state index in [0.29, 0.717) is 18.0 Å². The molecule has 1 aromatic carbocycles. The van der Waals surface area contributed by atoms with Crippen LogP contribution in [0.15, 0.2) is 24.3 Å². The molecule has 1 rings (SSSR count). The molecule has 0 atom stereocenters. The van der Waals surface area contributed by atoms with Gasteiger partial charge in [0.15, 0.2) is 6.61 Å². The second-order valence-electron chi connectivity index (χ2n) is 5.22. The van der Waals surface area contributed by atoms with Crippen molar-refractivity contribution in [3.63, 3.8) is 0 Å². The van der Waals surface area contributed by atoms with Gasteiger partial charge in [0.2, 0.25) is 0 Å². The summed E-state index contributed by atoms with van der Waals surface area (Å²) in [4.78, 5) is 25.1. The first kappa shape index (κ1) is 16.0. The third kappa shape index (κ3) is 5.30. The molecule has 1 amide bonds. The number of carbonyl (C=O) groups is 2. The highest BCUT2D eigenvalue weighted by molar-refractivity contribution is 5.91. The van der Waals surface area contributed by atoms with Crippen LogP contribution < -0.4 is 10.2 Å². The van der Waals surface area contributed by atoms with Crippen LogP contribution in [0.25, 0.3) is 0 Å². The van der Waals surface area contributed by atoms with Crippen molar-refractivity contribution in [2.24, 2.45) is 5.92 Å². The maximum Gasteiger partial charge on any atom is 0.338 e. The van der Waals surface area contributed by atoms with Gasteiger partial charge >= 0.3 is 5.97 Å². The topological polar surface area (TPSA) is 58.6 Å². The molecule has 0 bridgehead atoms. The van der Waals surface area contributed by atoms with E-state index in [9.17, 15) is 9.59 Å². The zero-order chi connectivity index (χ0) is 15.1. The first-order valence-corrected chi connectivity index (χ1v) is 6.61. The molecular weight excluding hydrogens is 256 g/mol. The number of nitrogens with one attached hydrogen (secondary N) is 1. The molecule has 0 saturated heterocycles. The van der Waals surface area contributed by atoms with Gasteiger partial charge in [0.25, 0.3) is 5.91 Å². The van der Waals surface area contributed by atoms with E-state index < -0.39 is 5.97 Å². The van der Waals surface area contributed by atoms with Crippen molar-refractivity contribution in [3.05, 3.63) is 29.8 Å². The number of anilines is 1. The number of carbonyl (C=O) groups excluding carboxylic acids is 2. The van der Waals surface area contributed by atoms with E-state index in [2.05, 4.69) is 5.32 Å². The van der Waals surface area contributed by atoms with Crippen molar-refractivity contribution < 1.29 is 14.3 Å². The van der Waals surface area contributed by atoms with Crippen molar-refractivity contribution in [1.82, 2.24) is 5.32 Å². The number of rotatable bonds is 6. The number of esters is 1. The minimum Gasteiger partial charge on any atom is -0.452 e. The van der Waals surface area contributed by atoms with Gasteiger partial charge in [-0.3, -0.25) is 4.79 Å². The summed E-state index contributed by atoms with van der Waals surface area (Å²) in [7, 11) is 3.85. The van der Waals surface area contributed by atoms with Crippen LogP contribution in [0, 0.1) is 5.92 Å². The third-order valence-electron chi connectivity index (χ3n) is 2.66. The zero-order valence-corrected chi connectivity index (χ0v) is 12.5. The fourth-order valence-electron chi connectivity index (χ4n) is 1.48. The van der Waals surface area contributed by atoms with Gasteiger partial charge in [-0.25, -0.2) is 4.79 Å². The maximum atomic E-state index is 11.8. The Bertz CT molecular complexity index is 453. The molecule has 0 saturated carbocycles. The predicted octanol–water partition coefficient (Wildman–Crippen LogP) is 1.68. The first-order valence-electron chi connectivity index (χ1n) is 6.61. The van der Waals surface area contributed by atoms with Crippen LogP contribution in [-0.4, -0.2) is 39.1 Å². The summed E-state index contributed by atoms with van der Waals surface area (Å²) >= 11 is 0. The number of hydrogen-bond donors (Lipinski definition) is 1. The van der Waals surface area contributed by atoms with Crippen molar-refractivity contribution in [3.8, 4) is 0 Å². The second kappa shape index (κ2) is 7.53. The van der Waals surface area contributed by atoms with Crippen molar-refractivity contribution in [2.75, 3.05) is 32.1 Å². The predicted molar refractivity (Wildman–Crippen MR) is 78.9 cm³/mol. The van der Waals surface area contributed by atoms with E-state index in [4.69, 9.17) is 4.74 Å². The van der Waals surface area contributed by atoms with Gasteiger partial charge in [0.1, 0.15) is 0 Å². The Labute approximate surface area is 119 Å². The molecule has 0 radical (unpaired) electrons. The minimum absolute atomic E-state index is 0.249. The average molecular weight is 278 g/mol. The molecule has 110 valence electrons. The van der Waals surface area contributed by atoms with Gasteiger partial charge in [0.05, 0.1) is 5.56 Å². The molecule has 5 nitrogen and oxygen atoms in total. The molecule has 1 aromatic rings. The van der Waals surface area contributed by atoms with Gasteiger partial charge < -0.3 is 15.0 Å². The number of benzene rings is 1. The molecule has 20 heavy (non-hydrogen) atoms. The van der Waals surface area contributed by atoms with Gasteiger partial charge in [0, 0.05) is 26.3 Å². The van der Waals surface area contributed by atoms with Crippen LogP contribution in [0.1, 0.15) is 24.2 Å². The fraction of sp³-hybridized carbons (Fsp3) is 0.467. The lowest BCUT2D eigenvalue weighted by molar-refractivity contribution is -0.124. The monoisotopic (exact) mass is 278 g/mol. The summed E-state index contributed by atoms with van der Waals surface area (Å²) in [6, 6.07) is 7.03. The highest BCUT2D eigenvalue weighted by Gasteiger charge is 2.10. The number of ether oxygens (including phenoxy) is 1. The molecule has 1 N–H and O–H groups in total. The zero-order valence-electron chi connectivity index (χ0n) is 12.5. The van der Waals surface area contributed by atoms with E-state index in [1.54, 1.807) is 12.1 Å². The van der Waals surface area contributed by atoms with Crippen molar-refractivity contribution in [2.45, 2.75) is 13.8 Å². The molecule has 0 unspecified atom stereocenters. The van der Waals surface area contributed by atoms with E-state index >= 15 is 0 Å². The molecule has 0 heterocycles. The maximum absolute atomic E-state index is 11.8. The van der Waals surface area contributed by atoms with Crippen LogP contribution in [-0.2, 0) is 9.53 Å². The van der Waals surface area contributed by atoms with Gasteiger partial charge in [-0.2, -0.15) is 0 Å². The van der Waals surface area contributed by atoms with Crippen LogP contribution in [0.5, 0.6) is 0 Å². The van der Waals surface area contributed by atoms with Gasteiger partial charge in [-0.15, -0.1) is 0 Å². The van der Waals surface area contributed by atoms with Crippen LogP contribution in [0.2, 0.25) is 0 Å². The number of hydrogen-bond acceptors (Lipinski definition) is 4. The van der Waals surface area contributed by atoms with Crippen LogP contribution in [0.3, 0.4) is 0 Å². The largest absolute Gasteiger partial charge is 0.452 e. The Morgan fingerprint density at radius 2 is 1.80 bits per heavy atom. The quantitative estimate of drug-likeness (QED) is 0.804.